The molecule has 0 aromatic heterocycles. The average molecular weight is 246 g/mol. The van der Waals surface area contributed by atoms with Gasteiger partial charge in [-0.25, -0.2) is 0 Å². The first kappa shape index (κ1) is 12.2. The molecule has 82 valence electrons. The van der Waals surface area contributed by atoms with E-state index >= 15 is 0 Å². The summed E-state index contributed by atoms with van der Waals surface area (Å²) in [6, 6.07) is 5.57. The van der Waals surface area contributed by atoms with E-state index in [1.165, 1.54) is 0 Å². The van der Waals surface area contributed by atoms with Gasteiger partial charge in [0.25, 0.3) is 0 Å². The second-order valence-electron chi connectivity index (χ2n) is 2.86. The lowest BCUT2D eigenvalue weighted by Gasteiger charge is -2.06. The predicted octanol–water partition coefficient (Wildman–Crippen LogP) is 3.56. The quantitative estimate of drug-likeness (QED) is 0.633. The molecule has 0 heterocycles. The van der Waals surface area contributed by atoms with Crippen LogP contribution in [0.4, 0.5) is 5.69 Å². The van der Waals surface area contributed by atoms with Crippen LogP contribution < -0.4 is 10.1 Å². The van der Waals surface area contributed by atoms with E-state index in [-0.39, 0.29) is 0 Å². The predicted molar refractivity (Wildman–Crippen MR) is 66.4 cm³/mol. The number of nitrogens with one attached hydrogen (secondary N) is 1. The fraction of sp³-hybridized carbons (Fsp3) is 0.273. The third-order valence-electron chi connectivity index (χ3n) is 1.83. The van der Waals surface area contributed by atoms with Gasteiger partial charge in [-0.3, -0.25) is 0 Å². The molecule has 0 amide bonds. The Morgan fingerprint density at radius 1 is 1.40 bits per heavy atom. The Labute approximate surface area is 99.8 Å². The molecule has 0 saturated heterocycles. The molecule has 0 fully saturated rings. The molecule has 1 rings (SSSR count). The molecule has 1 aromatic carbocycles. The van der Waals surface area contributed by atoms with Crippen LogP contribution in [0, 0.1) is 0 Å². The van der Waals surface area contributed by atoms with Gasteiger partial charge in [-0.15, -0.1) is 11.6 Å². The van der Waals surface area contributed by atoms with Crippen molar-refractivity contribution < 1.29 is 4.74 Å². The molecule has 0 spiro atoms. The van der Waals surface area contributed by atoms with Gasteiger partial charge in [0.2, 0.25) is 0 Å². The van der Waals surface area contributed by atoms with Crippen molar-refractivity contribution in [3.05, 3.63) is 35.4 Å². The fourth-order valence-corrected chi connectivity index (χ4v) is 1.48. The van der Waals surface area contributed by atoms with Gasteiger partial charge in [0.05, 0.1) is 12.1 Å². The van der Waals surface area contributed by atoms with Gasteiger partial charge in [0.1, 0.15) is 5.75 Å². The summed E-state index contributed by atoms with van der Waals surface area (Å²) in [4.78, 5) is 0. The minimum absolute atomic E-state index is 0.533. The van der Waals surface area contributed by atoms with E-state index in [1.807, 2.05) is 30.4 Å². The van der Waals surface area contributed by atoms with Crippen LogP contribution in [-0.2, 0) is 0 Å². The molecule has 1 aromatic rings. The maximum absolute atomic E-state index is 5.97. The lowest BCUT2D eigenvalue weighted by Crippen LogP contribution is -1.98. The van der Waals surface area contributed by atoms with E-state index in [2.05, 4.69) is 5.32 Å². The van der Waals surface area contributed by atoms with Crippen LogP contribution in [0.5, 0.6) is 5.75 Å². The minimum Gasteiger partial charge on any atom is -0.495 e. The number of halogens is 2. The molecule has 0 atom stereocenters. The molecule has 2 nitrogen and oxygen atoms in total. The Balaban J connectivity index is 2.55. The highest BCUT2D eigenvalue weighted by Crippen LogP contribution is 2.26. The standard InChI is InChI=1S/C11H13Cl2NO/c1-15-11-5-4-9(8-10(11)13)14-7-3-2-6-12/h2-5,8,14H,6-7H2,1H3/b3-2+. The van der Waals surface area contributed by atoms with Crippen LogP contribution >= 0.6 is 23.2 Å². The number of methoxy groups -OCH3 is 1. The summed E-state index contributed by atoms with van der Waals surface area (Å²) in [5.41, 5.74) is 0.958. The lowest BCUT2D eigenvalue weighted by molar-refractivity contribution is 0.415. The summed E-state index contributed by atoms with van der Waals surface area (Å²) in [6.45, 7) is 0.732. The molecule has 0 unspecified atom stereocenters. The zero-order valence-corrected chi connectivity index (χ0v) is 9.98. The van der Waals surface area contributed by atoms with Crippen LogP contribution in [0.2, 0.25) is 5.02 Å². The first-order valence-corrected chi connectivity index (χ1v) is 5.47. The van der Waals surface area contributed by atoms with E-state index in [0.717, 1.165) is 12.2 Å². The van der Waals surface area contributed by atoms with E-state index in [1.54, 1.807) is 7.11 Å². The summed E-state index contributed by atoms with van der Waals surface area (Å²) in [7, 11) is 1.59. The van der Waals surface area contributed by atoms with Crippen molar-refractivity contribution in [2.24, 2.45) is 0 Å². The number of ether oxygens (including phenoxy) is 1. The minimum atomic E-state index is 0.533. The number of allylic oxidation sites excluding steroid dienone is 1. The molecule has 0 bridgehead atoms. The number of anilines is 1. The number of hydrogen-bond donors (Lipinski definition) is 1. The Bertz CT molecular complexity index is 339. The lowest BCUT2D eigenvalue weighted by atomic mass is 10.3. The van der Waals surface area contributed by atoms with Crippen molar-refractivity contribution in [1.82, 2.24) is 0 Å². The van der Waals surface area contributed by atoms with E-state index < -0.39 is 0 Å². The maximum Gasteiger partial charge on any atom is 0.137 e. The van der Waals surface area contributed by atoms with Gasteiger partial charge in [0.15, 0.2) is 0 Å². The number of hydrogen-bond acceptors (Lipinski definition) is 2. The van der Waals surface area contributed by atoms with Crippen molar-refractivity contribution in [1.29, 1.82) is 0 Å². The topological polar surface area (TPSA) is 21.3 Å². The molecule has 0 aliphatic rings. The van der Waals surface area contributed by atoms with Gasteiger partial charge in [-0.1, -0.05) is 23.8 Å². The smallest absolute Gasteiger partial charge is 0.137 e. The molecule has 0 radical (unpaired) electrons. The zero-order chi connectivity index (χ0) is 11.1. The van der Waals surface area contributed by atoms with E-state index in [0.29, 0.717) is 16.7 Å². The fourth-order valence-electron chi connectivity index (χ4n) is 1.10. The normalized spacial score (nSPS) is 10.6. The van der Waals surface area contributed by atoms with Crippen molar-refractivity contribution in [3.63, 3.8) is 0 Å². The van der Waals surface area contributed by atoms with Crippen molar-refractivity contribution in [2.75, 3.05) is 24.9 Å². The third-order valence-corrected chi connectivity index (χ3v) is 2.31. The molecule has 1 N–H and O–H groups in total. The summed E-state index contributed by atoms with van der Waals surface area (Å²) >= 11 is 11.5. The van der Waals surface area contributed by atoms with Crippen molar-refractivity contribution >= 4 is 28.9 Å². The summed E-state index contributed by atoms with van der Waals surface area (Å²) < 4.78 is 5.05. The van der Waals surface area contributed by atoms with Crippen molar-refractivity contribution in [2.45, 2.75) is 0 Å². The van der Waals surface area contributed by atoms with Gasteiger partial charge in [-0.05, 0) is 18.2 Å². The largest absolute Gasteiger partial charge is 0.495 e. The van der Waals surface area contributed by atoms with Crippen molar-refractivity contribution in [3.8, 4) is 5.75 Å². The highest BCUT2D eigenvalue weighted by atomic mass is 35.5. The first-order valence-electron chi connectivity index (χ1n) is 4.56. The summed E-state index contributed by atoms with van der Waals surface area (Å²) in [5.74, 6) is 1.21. The average Bonchev–Trinajstić information content (AvgIpc) is 2.25. The molecule has 4 heteroatoms. The molecule has 15 heavy (non-hydrogen) atoms. The van der Waals surface area contributed by atoms with Crippen LogP contribution in [-0.4, -0.2) is 19.5 Å². The number of benzene rings is 1. The maximum atomic E-state index is 5.97. The first-order chi connectivity index (χ1) is 7.27. The molecule has 0 saturated carbocycles. The Kier molecular flexibility index (Phi) is 5.37. The van der Waals surface area contributed by atoms with Gasteiger partial charge < -0.3 is 10.1 Å². The summed E-state index contributed by atoms with van der Waals surface area (Å²) in [5, 5.41) is 3.79. The second kappa shape index (κ2) is 6.59. The summed E-state index contributed by atoms with van der Waals surface area (Å²) in [6.07, 6.45) is 3.85. The van der Waals surface area contributed by atoms with Gasteiger partial charge in [-0.2, -0.15) is 0 Å². The van der Waals surface area contributed by atoms with E-state index in [9.17, 15) is 0 Å². The highest BCUT2D eigenvalue weighted by molar-refractivity contribution is 6.32. The number of alkyl halides is 1. The second-order valence-corrected chi connectivity index (χ2v) is 3.57. The van der Waals surface area contributed by atoms with Gasteiger partial charge >= 0.3 is 0 Å². The molecule has 0 aliphatic carbocycles. The monoisotopic (exact) mass is 245 g/mol. The molecular weight excluding hydrogens is 233 g/mol. The van der Waals surface area contributed by atoms with Crippen LogP contribution in [0.25, 0.3) is 0 Å². The van der Waals surface area contributed by atoms with Crippen LogP contribution in [0.3, 0.4) is 0 Å². The van der Waals surface area contributed by atoms with Crippen LogP contribution in [0.15, 0.2) is 30.4 Å². The highest BCUT2D eigenvalue weighted by Gasteiger charge is 2.00. The zero-order valence-electron chi connectivity index (χ0n) is 8.47. The number of rotatable bonds is 5. The third kappa shape index (κ3) is 4.02. The molecule has 0 aliphatic heterocycles. The Morgan fingerprint density at radius 3 is 2.80 bits per heavy atom. The Hall–Kier alpha value is -0.860. The Morgan fingerprint density at radius 2 is 2.20 bits per heavy atom. The van der Waals surface area contributed by atoms with E-state index in [4.69, 9.17) is 27.9 Å². The molecular formula is C11H13Cl2NO. The van der Waals surface area contributed by atoms with Crippen LogP contribution in [0.1, 0.15) is 0 Å². The van der Waals surface area contributed by atoms with Gasteiger partial charge in [0, 0.05) is 18.1 Å². The SMILES string of the molecule is COc1ccc(NC/C=C/CCl)cc1Cl.